The van der Waals surface area contributed by atoms with Crippen LogP contribution in [-0.2, 0) is 9.59 Å². The summed E-state index contributed by atoms with van der Waals surface area (Å²) in [7, 11) is 0. The number of halogens is 1. The molecule has 0 radical (unpaired) electrons. The first-order chi connectivity index (χ1) is 9.93. The molecule has 1 heterocycles. The molecule has 1 aromatic rings. The van der Waals surface area contributed by atoms with Crippen LogP contribution in [0.2, 0.25) is 0 Å². The Bertz CT molecular complexity index is 559. The van der Waals surface area contributed by atoms with Crippen LogP contribution < -0.4 is 5.32 Å². The molecule has 1 saturated heterocycles. The lowest BCUT2D eigenvalue weighted by atomic mass is 9.99. The first-order valence-corrected chi connectivity index (χ1v) is 9.37. The van der Waals surface area contributed by atoms with E-state index in [9.17, 15) is 14.7 Å². The lowest BCUT2D eigenvalue weighted by Crippen LogP contribution is -2.55. The molecule has 0 spiro atoms. The number of hydrogen-bond donors (Lipinski definition) is 2. The number of aryl methyl sites for hydroxylation is 1. The van der Waals surface area contributed by atoms with Crippen LogP contribution in [0.1, 0.15) is 12.0 Å². The van der Waals surface area contributed by atoms with Gasteiger partial charge in [0.2, 0.25) is 5.91 Å². The number of hydrogen-bond acceptors (Lipinski definition) is 4. The average Bonchev–Trinajstić information content (AvgIpc) is 2.87. The summed E-state index contributed by atoms with van der Waals surface area (Å²) in [6.07, 6.45) is 0.487. The highest BCUT2D eigenvalue weighted by Crippen LogP contribution is 2.29. The number of carboxylic acids is 1. The zero-order valence-electron chi connectivity index (χ0n) is 11.5. The van der Waals surface area contributed by atoms with Gasteiger partial charge in [0.15, 0.2) is 0 Å². The second-order valence-corrected chi connectivity index (χ2v) is 7.97. The van der Waals surface area contributed by atoms with Gasteiger partial charge >= 0.3 is 5.97 Å². The maximum atomic E-state index is 12.0. The van der Waals surface area contributed by atoms with Crippen molar-refractivity contribution in [3.8, 4) is 0 Å². The maximum absolute atomic E-state index is 12.0. The van der Waals surface area contributed by atoms with Gasteiger partial charge in [0, 0.05) is 15.1 Å². The molecule has 1 aromatic carbocycles. The van der Waals surface area contributed by atoms with Crippen molar-refractivity contribution in [2.45, 2.75) is 23.8 Å². The van der Waals surface area contributed by atoms with Crippen molar-refractivity contribution in [3.05, 3.63) is 28.2 Å². The van der Waals surface area contributed by atoms with Gasteiger partial charge in [0.05, 0.1) is 5.75 Å². The van der Waals surface area contributed by atoms with E-state index in [4.69, 9.17) is 0 Å². The van der Waals surface area contributed by atoms with Crippen LogP contribution in [0.5, 0.6) is 0 Å². The summed E-state index contributed by atoms with van der Waals surface area (Å²) in [5.41, 5.74) is 0.00315. The second kappa shape index (κ2) is 7.07. The number of nitrogens with one attached hydrogen (secondary N) is 1. The Morgan fingerprint density at radius 2 is 2.29 bits per heavy atom. The number of aliphatic carboxylic acids is 1. The van der Waals surface area contributed by atoms with E-state index in [1.165, 1.54) is 11.8 Å². The van der Waals surface area contributed by atoms with Gasteiger partial charge in [-0.15, -0.1) is 11.8 Å². The van der Waals surface area contributed by atoms with Gasteiger partial charge in [0.1, 0.15) is 5.54 Å². The number of amides is 1. The van der Waals surface area contributed by atoms with E-state index in [0.29, 0.717) is 12.2 Å². The number of benzene rings is 1. The van der Waals surface area contributed by atoms with E-state index in [-0.39, 0.29) is 11.7 Å². The minimum atomic E-state index is -1.09. The smallest absolute Gasteiger partial charge is 0.330 e. The quantitative estimate of drug-likeness (QED) is 0.757. The van der Waals surface area contributed by atoms with Crippen molar-refractivity contribution in [2.75, 3.05) is 17.3 Å². The summed E-state index contributed by atoms with van der Waals surface area (Å²) in [5, 5.41) is 12.0. The fourth-order valence-corrected chi connectivity index (χ4v) is 4.72. The molecule has 1 aliphatic rings. The van der Waals surface area contributed by atoms with E-state index in [2.05, 4.69) is 21.2 Å². The molecule has 4 nitrogen and oxygen atoms in total. The van der Waals surface area contributed by atoms with Gasteiger partial charge < -0.3 is 10.4 Å². The highest BCUT2D eigenvalue weighted by molar-refractivity contribution is 9.10. The summed E-state index contributed by atoms with van der Waals surface area (Å²) in [4.78, 5) is 24.5. The lowest BCUT2D eigenvalue weighted by molar-refractivity contribution is -0.146. The molecule has 0 aliphatic carbocycles. The molecule has 0 aromatic heterocycles. The van der Waals surface area contributed by atoms with Gasteiger partial charge in [-0.3, -0.25) is 4.79 Å². The largest absolute Gasteiger partial charge is 0.479 e. The molecule has 2 rings (SSSR count). The molecule has 1 aliphatic heterocycles. The highest BCUT2D eigenvalue weighted by atomic mass is 79.9. The molecule has 1 atom stereocenters. The summed E-state index contributed by atoms with van der Waals surface area (Å²) < 4.78 is 1.00. The predicted octanol–water partition coefficient (Wildman–Crippen LogP) is 2.93. The van der Waals surface area contributed by atoms with E-state index in [1.807, 2.05) is 25.1 Å². The predicted molar refractivity (Wildman–Crippen MR) is 90.1 cm³/mol. The Morgan fingerprint density at radius 1 is 1.52 bits per heavy atom. The number of carboxylic acid groups (broad SMARTS) is 1. The Kier molecular flexibility index (Phi) is 5.62. The fourth-order valence-electron chi connectivity index (χ4n) is 2.11. The third-order valence-electron chi connectivity index (χ3n) is 3.31. The standard InChI is InChI=1S/C14H16BrNO3S2/c1-9-6-10(15)2-3-11(9)21-7-12(17)16-14(13(18)19)4-5-20-8-14/h2-3,6H,4-5,7-8H2,1H3,(H,16,17)(H,18,19). The molecule has 0 saturated carbocycles. The van der Waals surface area contributed by atoms with Crippen molar-refractivity contribution >= 4 is 51.3 Å². The molecule has 114 valence electrons. The lowest BCUT2D eigenvalue weighted by Gasteiger charge is -2.24. The van der Waals surface area contributed by atoms with Crippen molar-refractivity contribution in [3.63, 3.8) is 0 Å². The summed E-state index contributed by atoms with van der Waals surface area (Å²) in [6, 6.07) is 5.88. The zero-order valence-corrected chi connectivity index (χ0v) is 14.7. The van der Waals surface area contributed by atoms with Crippen LogP contribution in [0.15, 0.2) is 27.6 Å². The van der Waals surface area contributed by atoms with Crippen LogP contribution in [-0.4, -0.2) is 39.8 Å². The molecule has 7 heteroatoms. The van der Waals surface area contributed by atoms with E-state index in [1.54, 1.807) is 11.8 Å². The minimum Gasteiger partial charge on any atom is -0.479 e. The SMILES string of the molecule is Cc1cc(Br)ccc1SCC(=O)NC1(C(=O)O)CCSC1. The fraction of sp³-hybridized carbons (Fsp3) is 0.429. The van der Waals surface area contributed by atoms with Crippen LogP contribution in [0.4, 0.5) is 0 Å². The summed E-state index contributed by atoms with van der Waals surface area (Å²) >= 11 is 6.39. The summed E-state index contributed by atoms with van der Waals surface area (Å²) in [5.74, 6) is 0.266. The van der Waals surface area contributed by atoms with Crippen molar-refractivity contribution in [1.29, 1.82) is 0 Å². The molecular weight excluding hydrogens is 374 g/mol. The molecule has 21 heavy (non-hydrogen) atoms. The van der Waals surface area contributed by atoms with E-state index >= 15 is 0 Å². The van der Waals surface area contributed by atoms with Crippen LogP contribution in [0.3, 0.4) is 0 Å². The molecule has 2 N–H and O–H groups in total. The first-order valence-electron chi connectivity index (χ1n) is 6.44. The van der Waals surface area contributed by atoms with Gasteiger partial charge in [0.25, 0.3) is 0 Å². The third-order valence-corrected chi connectivity index (χ3v) is 6.16. The Labute approximate surface area is 140 Å². The van der Waals surface area contributed by atoms with Crippen molar-refractivity contribution in [2.24, 2.45) is 0 Å². The third kappa shape index (κ3) is 4.17. The molecule has 1 unspecified atom stereocenters. The first kappa shape index (κ1) is 16.7. The topological polar surface area (TPSA) is 66.4 Å². The van der Waals surface area contributed by atoms with Crippen LogP contribution >= 0.6 is 39.5 Å². The van der Waals surface area contributed by atoms with Gasteiger partial charge in [-0.1, -0.05) is 15.9 Å². The van der Waals surface area contributed by atoms with E-state index in [0.717, 1.165) is 20.7 Å². The summed E-state index contributed by atoms with van der Waals surface area (Å²) in [6.45, 7) is 1.98. The Balaban J connectivity index is 1.94. The number of thioether (sulfide) groups is 2. The molecule has 1 fully saturated rings. The van der Waals surface area contributed by atoms with Crippen molar-refractivity contribution in [1.82, 2.24) is 5.32 Å². The second-order valence-electron chi connectivity index (χ2n) is 4.94. The van der Waals surface area contributed by atoms with Gasteiger partial charge in [-0.25, -0.2) is 4.79 Å². The molecule has 1 amide bonds. The van der Waals surface area contributed by atoms with Crippen LogP contribution in [0.25, 0.3) is 0 Å². The highest BCUT2D eigenvalue weighted by Gasteiger charge is 2.43. The Hall–Kier alpha value is -0.660. The van der Waals surface area contributed by atoms with E-state index < -0.39 is 11.5 Å². The maximum Gasteiger partial charge on any atom is 0.330 e. The number of rotatable bonds is 5. The monoisotopic (exact) mass is 389 g/mol. The Morgan fingerprint density at radius 3 is 2.86 bits per heavy atom. The zero-order chi connectivity index (χ0) is 15.5. The van der Waals surface area contributed by atoms with Crippen LogP contribution in [0, 0.1) is 6.92 Å². The number of carbonyl (C=O) groups excluding carboxylic acids is 1. The minimum absolute atomic E-state index is 0.224. The van der Waals surface area contributed by atoms with Gasteiger partial charge in [-0.05, 0) is 42.9 Å². The normalized spacial score (nSPS) is 21.2. The van der Waals surface area contributed by atoms with Gasteiger partial charge in [-0.2, -0.15) is 11.8 Å². The van der Waals surface area contributed by atoms with Crippen molar-refractivity contribution < 1.29 is 14.7 Å². The average molecular weight is 390 g/mol. The molecule has 0 bridgehead atoms. The number of carbonyl (C=O) groups is 2. The molecular formula is C14H16BrNO3S2.